The van der Waals surface area contributed by atoms with E-state index in [9.17, 15) is 13.2 Å². The van der Waals surface area contributed by atoms with Crippen LogP contribution in [0.1, 0.15) is 11.3 Å². The minimum Gasteiger partial charge on any atom is -0.314 e. The molecule has 0 fully saturated rings. The zero-order valence-corrected chi connectivity index (χ0v) is 9.57. The number of hydrogen-bond donors (Lipinski definition) is 1. The predicted molar refractivity (Wildman–Crippen MR) is 59.1 cm³/mol. The fourth-order valence-electron chi connectivity index (χ4n) is 1.46. The van der Waals surface area contributed by atoms with Gasteiger partial charge in [-0.15, -0.1) is 0 Å². The first-order chi connectivity index (χ1) is 8.50. The molecule has 0 unspecified atom stereocenters. The molecule has 0 amide bonds. The Bertz CT molecular complexity index is 516. The number of hydrogen-bond acceptors (Lipinski definition) is 3. The number of rotatable bonds is 3. The van der Waals surface area contributed by atoms with Crippen molar-refractivity contribution in [2.45, 2.75) is 12.7 Å². The molecule has 0 atom stereocenters. The second kappa shape index (κ2) is 4.77. The van der Waals surface area contributed by atoms with Crippen molar-refractivity contribution < 1.29 is 13.2 Å². The highest BCUT2D eigenvalue weighted by Gasteiger charge is 2.30. The fraction of sp³-hybridized carbons (Fsp3) is 0.273. The van der Waals surface area contributed by atoms with Crippen LogP contribution >= 0.6 is 0 Å². The van der Waals surface area contributed by atoms with E-state index in [-0.39, 0.29) is 0 Å². The van der Waals surface area contributed by atoms with Crippen LogP contribution in [0, 0.1) is 0 Å². The molecule has 4 nitrogen and oxygen atoms in total. The van der Waals surface area contributed by atoms with Crippen LogP contribution in [-0.2, 0) is 12.7 Å². The van der Waals surface area contributed by atoms with Gasteiger partial charge in [0.1, 0.15) is 0 Å². The van der Waals surface area contributed by atoms with Gasteiger partial charge in [0.2, 0.25) is 0 Å². The van der Waals surface area contributed by atoms with E-state index < -0.39 is 11.7 Å². The van der Waals surface area contributed by atoms with Crippen molar-refractivity contribution in [3.63, 3.8) is 0 Å². The summed E-state index contributed by atoms with van der Waals surface area (Å²) in [5.74, 6) is 0. The molecule has 1 heterocycles. The molecule has 0 bridgehead atoms. The van der Waals surface area contributed by atoms with Gasteiger partial charge in [0, 0.05) is 6.54 Å². The minimum atomic E-state index is -4.33. The third kappa shape index (κ3) is 2.67. The lowest BCUT2D eigenvalue weighted by Gasteiger charge is -2.06. The molecule has 0 spiro atoms. The number of alkyl halides is 3. The highest BCUT2D eigenvalue weighted by molar-refractivity contribution is 5.33. The molecule has 1 aromatic heterocycles. The maximum atomic E-state index is 12.4. The second-order valence-corrected chi connectivity index (χ2v) is 3.70. The van der Waals surface area contributed by atoms with Crippen LogP contribution in [0.5, 0.6) is 0 Å². The molecule has 0 radical (unpaired) electrons. The average Bonchev–Trinajstić information content (AvgIpc) is 2.77. The maximum Gasteiger partial charge on any atom is 0.416 e. The van der Waals surface area contributed by atoms with Crippen LogP contribution in [0.4, 0.5) is 13.2 Å². The number of aromatic nitrogens is 3. The molecular formula is C11H11F3N4. The summed E-state index contributed by atoms with van der Waals surface area (Å²) in [5, 5.41) is 11.0. The van der Waals surface area contributed by atoms with E-state index in [2.05, 4.69) is 15.5 Å². The number of benzene rings is 1. The third-order valence-electron chi connectivity index (χ3n) is 2.32. The van der Waals surface area contributed by atoms with E-state index in [4.69, 9.17) is 0 Å². The lowest BCUT2D eigenvalue weighted by Crippen LogP contribution is -2.07. The van der Waals surface area contributed by atoms with E-state index >= 15 is 0 Å². The summed E-state index contributed by atoms with van der Waals surface area (Å²) < 4.78 is 37.1. The van der Waals surface area contributed by atoms with Gasteiger partial charge in [-0.1, -0.05) is 0 Å². The van der Waals surface area contributed by atoms with Crippen molar-refractivity contribution in [2.24, 2.45) is 0 Å². The summed E-state index contributed by atoms with van der Waals surface area (Å²) in [6, 6.07) is 4.70. The Morgan fingerprint density at radius 1 is 1.22 bits per heavy atom. The van der Waals surface area contributed by atoms with Gasteiger partial charge in [0.15, 0.2) is 0 Å². The Kier molecular flexibility index (Phi) is 3.33. The molecule has 0 saturated carbocycles. The van der Waals surface area contributed by atoms with E-state index in [1.165, 1.54) is 16.9 Å². The maximum absolute atomic E-state index is 12.4. The molecule has 18 heavy (non-hydrogen) atoms. The molecule has 1 N–H and O–H groups in total. The van der Waals surface area contributed by atoms with Gasteiger partial charge in [0.05, 0.1) is 23.1 Å². The van der Waals surface area contributed by atoms with E-state index in [0.29, 0.717) is 12.2 Å². The highest BCUT2D eigenvalue weighted by atomic mass is 19.4. The fourth-order valence-corrected chi connectivity index (χ4v) is 1.46. The Hall–Kier alpha value is -1.89. The van der Waals surface area contributed by atoms with Gasteiger partial charge in [-0.3, -0.25) is 0 Å². The molecule has 0 aliphatic heterocycles. The number of halogens is 3. The Labute approximate surface area is 101 Å². The average molecular weight is 256 g/mol. The summed E-state index contributed by atoms with van der Waals surface area (Å²) in [6.07, 6.45) is -2.76. The highest BCUT2D eigenvalue weighted by Crippen LogP contribution is 2.29. The first-order valence-electron chi connectivity index (χ1n) is 5.24. The molecule has 96 valence electrons. The second-order valence-electron chi connectivity index (χ2n) is 3.70. The smallest absolute Gasteiger partial charge is 0.314 e. The molecule has 1 aromatic carbocycles. The summed E-state index contributed by atoms with van der Waals surface area (Å²) >= 11 is 0. The van der Waals surface area contributed by atoms with Gasteiger partial charge < -0.3 is 5.32 Å². The Morgan fingerprint density at radius 2 is 1.89 bits per heavy atom. The Balaban J connectivity index is 2.23. The molecule has 0 saturated heterocycles. The molecular weight excluding hydrogens is 245 g/mol. The summed E-state index contributed by atoms with van der Waals surface area (Å²) in [6.45, 7) is 0.556. The van der Waals surface area contributed by atoms with Gasteiger partial charge >= 0.3 is 6.18 Å². The molecule has 2 rings (SSSR count). The normalized spacial score (nSPS) is 11.8. The molecule has 2 aromatic rings. The summed E-state index contributed by atoms with van der Waals surface area (Å²) in [7, 11) is 1.77. The van der Waals surface area contributed by atoms with Crippen LogP contribution in [0.15, 0.2) is 30.5 Å². The van der Waals surface area contributed by atoms with Gasteiger partial charge in [-0.05, 0) is 31.3 Å². The van der Waals surface area contributed by atoms with Crippen molar-refractivity contribution in [1.29, 1.82) is 0 Å². The summed E-state index contributed by atoms with van der Waals surface area (Å²) in [4.78, 5) is 1.30. The number of nitrogens with zero attached hydrogens (tertiary/aromatic N) is 3. The third-order valence-corrected chi connectivity index (χ3v) is 2.32. The zero-order valence-electron chi connectivity index (χ0n) is 9.57. The molecule has 7 heteroatoms. The number of nitrogens with one attached hydrogen (secondary N) is 1. The van der Waals surface area contributed by atoms with Gasteiger partial charge in [-0.2, -0.15) is 28.2 Å². The van der Waals surface area contributed by atoms with Gasteiger partial charge in [-0.25, -0.2) is 0 Å². The van der Waals surface area contributed by atoms with Crippen LogP contribution in [0.2, 0.25) is 0 Å². The first kappa shape index (κ1) is 12.6. The van der Waals surface area contributed by atoms with Crippen LogP contribution in [0.25, 0.3) is 5.69 Å². The van der Waals surface area contributed by atoms with E-state index in [1.807, 2.05) is 0 Å². The van der Waals surface area contributed by atoms with Crippen molar-refractivity contribution in [1.82, 2.24) is 20.3 Å². The Morgan fingerprint density at radius 3 is 2.44 bits per heavy atom. The zero-order chi connectivity index (χ0) is 13.2. The quantitative estimate of drug-likeness (QED) is 0.913. The topological polar surface area (TPSA) is 42.7 Å². The van der Waals surface area contributed by atoms with Crippen molar-refractivity contribution >= 4 is 0 Å². The van der Waals surface area contributed by atoms with Crippen molar-refractivity contribution in [2.75, 3.05) is 7.05 Å². The lowest BCUT2D eigenvalue weighted by atomic mass is 10.2. The standard InChI is InChI=1S/C11H11F3N4/c1-15-6-9-7-16-18(17-9)10-4-2-8(3-5-10)11(12,13)14/h2-5,7,15H,6H2,1H3. The summed E-state index contributed by atoms with van der Waals surface area (Å²) in [5.41, 5.74) is 0.525. The SMILES string of the molecule is CNCc1cnn(-c2ccc(C(F)(F)F)cc2)n1. The van der Waals surface area contributed by atoms with Crippen molar-refractivity contribution in [3.8, 4) is 5.69 Å². The predicted octanol–water partition coefficient (Wildman–Crippen LogP) is 2.01. The largest absolute Gasteiger partial charge is 0.416 e. The first-order valence-corrected chi connectivity index (χ1v) is 5.24. The van der Waals surface area contributed by atoms with Crippen molar-refractivity contribution in [3.05, 3.63) is 41.7 Å². The molecule has 0 aliphatic rings. The van der Waals surface area contributed by atoms with Crippen LogP contribution < -0.4 is 5.32 Å². The monoisotopic (exact) mass is 256 g/mol. The lowest BCUT2D eigenvalue weighted by molar-refractivity contribution is -0.137. The van der Waals surface area contributed by atoms with E-state index in [1.54, 1.807) is 13.2 Å². The molecule has 0 aliphatic carbocycles. The van der Waals surface area contributed by atoms with E-state index in [0.717, 1.165) is 17.8 Å². The van der Waals surface area contributed by atoms with Crippen LogP contribution in [0.3, 0.4) is 0 Å². The van der Waals surface area contributed by atoms with Crippen LogP contribution in [-0.4, -0.2) is 22.0 Å². The van der Waals surface area contributed by atoms with Gasteiger partial charge in [0.25, 0.3) is 0 Å². The minimum absolute atomic E-state index is 0.491.